The van der Waals surface area contributed by atoms with E-state index in [0.717, 1.165) is 25.3 Å². The fraction of sp³-hybridized carbons (Fsp3) is 0.714. The quantitative estimate of drug-likeness (QED) is 0.905. The highest BCUT2D eigenvalue weighted by molar-refractivity contribution is 9.10. The first kappa shape index (κ1) is 15.5. The summed E-state index contributed by atoms with van der Waals surface area (Å²) in [5.41, 5.74) is 0.820. The Bertz CT molecular complexity index is 508. The molecule has 1 saturated heterocycles. The van der Waals surface area contributed by atoms with Crippen LogP contribution in [0.2, 0.25) is 0 Å². The number of anilines is 1. The molecule has 1 aliphatic rings. The van der Waals surface area contributed by atoms with E-state index in [1.165, 1.54) is 17.5 Å². The summed E-state index contributed by atoms with van der Waals surface area (Å²) < 4.78 is 1.97. The normalized spacial score (nSPS) is 16.6. The van der Waals surface area contributed by atoms with E-state index >= 15 is 0 Å². The second-order valence-corrected chi connectivity index (χ2v) is 6.51. The van der Waals surface area contributed by atoms with Crippen LogP contribution in [0.15, 0.2) is 15.5 Å². The number of piperidine rings is 1. The Morgan fingerprint density at radius 1 is 1.50 bits per heavy atom. The monoisotopic (exact) mass is 342 g/mol. The summed E-state index contributed by atoms with van der Waals surface area (Å²) in [4.78, 5) is 14.3. The Labute approximate surface area is 128 Å². The van der Waals surface area contributed by atoms with Crippen LogP contribution in [0, 0.1) is 5.92 Å². The smallest absolute Gasteiger partial charge is 0.282 e. The van der Waals surface area contributed by atoms with Crippen LogP contribution in [0.4, 0.5) is 5.69 Å². The first-order valence-electron chi connectivity index (χ1n) is 7.20. The minimum atomic E-state index is -0.0848. The van der Waals surface area contributed by atoms with Crippen molar-refractivity contribution in [1.82, 2.24) is 15.1 Å². The molecule has 2 heterocycles. The van der Waals surface area contributed by atoms with Crippen molar-refractivity contribution in [2.75, 3.05) is 24.5 Å². The molecule has 112 valence electrons. The number of halogens is 1. The molecule has 1 aromatic heterocycles. The van der Waals surface area contributed by atoms with E-state index in [9.17, 15) is 4.79 Å². The Kier molecular flexibility index (Phi) is 5.21. The first-order valence-corrected chi connectivity index (χ1v) is 7.99. The van der Waals surface area contributed by atoms with Gasteiger partial charge in [-0.3, -0.25) is 4.79 Å². The van der Waals surface area contributed by atoms with Gasteiger partial charge in [-0.05, 0) is 61.6 Å². The molecule has 0 saturated carbocycles. The van der Waals surface area contributed by atoms with Crippen molar-refractivity contribution in [2.24, 2.45) is 13.0 Å². The van der Waals surface area contributed by atoms with Crippen molar-refractivity contribution >= 4 is 21.6 Å². The summed E-state index contributed by atoms with van der Waals surface area (Å²) in [5, 5.41) is 7.55. The highest BCUT2D eigenvalue weighted by Gasteiger charge is 2.22. The van der Waals surface area contributed by atoms with Gasteiger partial charge >= 0.3 is 0 Å². The third-order valence-corrected chi connectivity index (χ3v) is 4.65. The highest BCUT2D eigenvalue weighted by Crippen LogP contribution is 2.26. The lowest BCUT2D eigenvalue weighted by atomic mass is 9.97. The molecule has 1 aliphatic heterocycles. The Morgan fingerprint density at radius 3 is 2.75 bits per heavy atom. The zero-order valence-corrected chi connectivity index (χ0v) is 14.0. The Morgan fingerprint density at radius 2 is 2.15 bits per heavy atom. The van der Waals surface area contributed by atoms with Crippen LogP contribution in [-0.4, -0.2) is 35.5 Å². The van der Waals surface area contributed by atoms with Gasteiger partial charge in [-0.25, -0.2) is 4.68 Å². The summed E-state index contributed by atoms with van der Waals surface area (Å²) in [6.45, 7) is 7.47. The molecule has 0 atom stereocenters. The molecule has 0 aromatic carbocycles. The molecular formula is C14H23BrN4O. The fourth-order valence-electron chi connectivity index (χ4n) is 2.63. The second-order valence-electron chi connectivity index (χ2n) is 5.71. The maximum absolute atomic E-state index is 12.0. The topological polar surface area (TPSA) is 50.2 Å². The van der Waals surface area contributed by atoms with Crippen molar-refractivity contribution < 1.29 is 0 Å². The predicted octanol–water partition coefficient (Wildman–Crippen LogP) is 1.76. The van der Waals surface area contributed by atoms with Crippen molar-refractivity contribution in [3.05, 3.63) is 21.0 Å². The van der Waals surface area contributed by atoms with Gasteiger partial charge < -0.3 is 10.2 Å². The molecule has 0 spiro atoms. The molecule has 1 aromatic rings. The summed E-state index contributed by atoms with van der Waals surface area (Å²) >= 11 is 3.44. The SMILES string of the molecule is CC(C)N(CC1CCNCC1)c1cnn(C)c(=O)c1Br. The van der Waals surface area contributed by atoms with Crippen LogP contribution in [0.1, 0.15) is 26.7 Å². The summed E-state index contributed by atoms with van der Waals surface area (Å²) in [7, 11) is 1.67. The van der Waals surface area contributed by atoms with Gasteiger partial charge in [0.2, 0.25) is 0 Å². The number of rotatable bonds is 4. The summed E-state index contributed by atoms with van der Waals surface area (Å²) in [5.74, 6) is 0.676. The van der Waals surface area contributed by atoms with E-state index in [2.05, 4.69) is 45.1 Å². The lowest BCUT2D eigenvalue weighted by Crippen LogP contribution is -2.40. The van der Waals surface area contributed by atoms with Gasteiger partial charge in [0.15, 0.2) is 0 Å². The second kappa shape index (κ2) is 6.72. The van der Waals surface area contributed by atoms with E-state index < -0.39 is 0 Å². The van der Waals surface area contributed by atoms with Gasteiger partial charge in [0.05, 0.1) is 11.9 Å². The van der Waals surface area contributed by atoms with Gasteiger partial charge in [-0.1, -0.05) is 0 Å². The molecule has 0 unspecified atom stereocenters. The molecule has 6 heteroatoms. The first-order chi connectivity index (χ1) is 9.50. The van der Waals surface area contributed by atoms with Crippen molar-refractivity contribution in [2.45, 2.75) is 32.7 Å². The number of aryl methyl sites for hydroxylation is 1. The van der Waals surface area contributed by atoms with Crippen LogP contribution < -0.4 is 15.8 Å². The maximum Gasteiger partial charge on any atom is 0.282 e. The highest BCUT2D eigenvalue weighted by atomic mass is 79.9. The lowest BCUT2D eigenvalue weighted by molar-refractivity contribution is 0.367. The van der Waals surface area contributed by atoms with E-state index in [1.807, 2.05) is 0 Å². The molecule has 0 amide bonds. The van der Waals surface area contributed by atoms with Gasteiger partial charge in [-0.15, -0.1) is 0 Å². The standard InChI is InChI=1S/C14H23BrN4O/c1-10(2)19(9-11-4-6-16-7-5-11)12-8-17-18(3)14(20)13(12)15/h8,10-11,16H,4-7,9H2,1-3H3. The number of nitrogens with one attached hydrogen (secondary N) is 1. The molecule has 0 aliphatic carbocycles. The zero-order chi connectivity index (χ0) is 14.7. The largest absolute Gasteiger partial charge is 0.366 e. The predicted molar refractivity (Wildman–Crippen MR) is 85.3 cm³/mol. The Hall–Kier alpha value is -0.880. The Balaban J connectivity index is 2.24. The van der Waals surface area contributed by atoms with Crippen molar-refractivity contribution in [3.63, 3.8) is 0 Å². The third kappa shape index (κ3) is 3.41. The molecule has 20 heavy (non-hydrogen) atoms. The van der Waals surface area contributed by atoms with Crippen LogP contribution in [0.3, 0.4) is 0 Å². The van der Waals surface area contributed by atoms with Gasteiger partial charge in [-0.2, -0.15) is 5.10 Å². The van der Waals surface area contributed by atoms with Crippen LogP contribution in [0.25, 0.3) is 0 Å². The number of hydrogen-bond acceptors (Lipinski definition) is 4. The average Bonchev–Trinajstić information content (AvgIpc) is 2.44. The van der Waals surface area contributed by atoms with Crippen LogP contribution in [-0.2, 0) is 7.05 Å². The molecule has 1 N–H and O–H groups in total. The van der Waals surface area contributed by atoms with Gasteiger partial charge in [0, 0.05) is 19.6 Å². The lowest BCUT2D eigenvalue weighted by Gasteiger charge is -2.34. The number of aromatic nitrogens is 2. The van der Waals surface area contributed by atoms with Crippen LogP contribution >= 0.6 is 15.9 Å². The summed E-state index contributed by atoms with van der Waals surface area (Å²) in [6.07, 6.45) is 4.17. The molecule has 5 nitrogen and oxygen atoms in total. The fourth-order valence-corrected chi connectivity index (χ4v) is 3.22. The van der Waals surface area contributed by atoms with E-state index in [4.69, 9.17) is 0 Å². The number of hydrogen-bond donors (Lipinski definition) is 1. The molecule has 0 radical (unpaired) electrons. The maximum atomic E-state index is 12.0. The molecule has 1 fully saturated rings. The molecular weight excluding hydrogens is 320 g/mol. The number of nitrogens with zero attached hydrogens (tertiary/aromatic N) is 3. The zero-order valence-electron chi connectivity index (χ0n) is 12.4. The molecule has 0 bridgehead atoms. The summed E-state index contributed by atoms with van der Waals surface area (Å²) in [6, 6.07) is 0.343. The minimum absolute atomic E-state index is 0.0848. The van der Waals surface area contributed by atoms with Crippen molar-refractivity contribution in [3.8, 4) is 0 Å². The van der Waals surface area contributed by atoms with Gasteiger partial charge in [0.1, 0.15) is 4.47 Å². The van der Waals surface area contributed by atoms with Gasteiger partial charge in [0.25, 0.3) is 5.56 Å². The van der Waals surface area contributed by atoms with E-state index in [1.54, 1.807) is 13.2 Å². The average molecular weight is 343 g/mol. The minimum Gasteiger partial charge on any atom is -0.366 e. The van der Waals surface area contributed by atoms with Crippen molar-refractivity contribution in [1.29, 1.82) is 0 Å². The van der Waals surface area contributed by atoms with E-state index in [-0.39, 0.29) is 5.56 Å². The third-order valence-electron chi connectivity index (χ3n) is 3.91. The van der Waals surface area contributed by atoms with Crippen LogP contribution in [0.5, 0.6) is 0 Å². The van der Waals surface area contributed by atoms with E-state index in [0.29, 0.717) is 16.4 Å². The molecule has 2 rings (SSSR count).